The van der Waals surface area contributed by atoms with Crippen LogP contribution >= 0.6 is 11.8 Å². The molecule has 0 bridgehead atoms. The molecule has 1 heterocycles. The van der Waals surface area contributed by atoms with Gasteiger partial charge in [-0.2, -0.15) is 0 Å². The van der Waals surface area contributed by atoms with Crippen LogP contribution in [0.25, 0.3) is 0 Å². The lowest BCUT2D eigenvalue weighted by molar-refractivity contribution is -0.135. The minimum Gasteiger partial charge on any atom is -0.358 e. The van der Waals surface area contributed by atoms with Gasteiger partial charge in [0.2, 0.25) is 17.7 Å². The Morgan fingerprint density at radius 2 is 1.44 bits per heavy atom. The number of carbonyl (C=O) groups excluding carboxylic acids is 4. The molecule has 2 aliphatic rings. The van der Waals surface area contributed by atoms with Crippen LogP contribution in [0.3, 0.4) is 0 Å². The number of ketones is 1. The number of nitrogens with zero attached hydrogens (tertiary/aromatic N) is 1. The molecule has 8 heteroatoms. The van der Waals surface area contributed by atoms with Gasteiger partial charge in [-0.1, -0.05) is 71.1 Å². The Morgan fingerprint density at radius 1 is 0.941 bits per heavy atom. The van der Waals surface area contributed by atoms with Crippen molar-refractivity contribution in [1.29, 1.82) is 0 Å². The maximum Gasteiger partial charge on any atom is 0.230 e. The molecule has 1 aliphatic heterocycles. The first-order valence-electron chi connectivity index (χ1n) is 13.2. The average Bonchev–Trinajstić information content (AvgIpc) is 3.18. The lowest BCUT2D eigenvalue weighted by Gasteiger charge is -2.25. The first-order chi connectivity index (χ1) is 16.4. The molecule has 3 amide bonds. The molecule has 0 radical (unpaired) electrons. The normalized spacial score (nSPS) is 20.0. The van der Waals surface area contributed by atoms with Gasteiger partial charge in [-0.15, -0.1) is 11.8 Å². The molecule has 2 fully saturated rings. The fourth-order valence-electron chi connectivity index (χ4n) is 4.57. The molecule has 2 rings (SSSR count). The van der Waals surface area contributed by atoms with E-state index in [2.05, 4.69) is 10.6 Å². The fourth-order valence-corrected chi connectivity index (χ4v) is 5.29. The van der Waals surface area contributed by atoms with E-state index in [0.717, 1.165) is 0 Å². The number of hydrogen-bond donors (Lipinski definition) is 2. The van der Waals surface area contributed by atoms with Crippen molar-refractivity contribution in [1.82, 2.24) is 15.5 Å². The van der Waals surface area contributed by atoms with Crippen LogP contribution in [0.2, 0.25) is 0 Å². The number of Topliss-reactive ketones (excluding diaryl/α,β-unsaturated/α-hetero) is 1. The van der Waals surface area contributed by atoms with Crippen LogP contribution in [0.1, 0.15) is 97.3 Å². The van der Waals surface area contributed by atoms with Crippen LogP contribution in [0, 0.1) is 5.92 Å². The largest absolute Gasteiger partial charge is 0.358 e. The summed E-state index contributed by atoms with van der Waals surface area (Å²) in [7, 11) is 1.56. The Morgan fingerprint density at radius 3 is 1.88 bits per heavy atom. The highest BCUT2D eigenvalue weighted by atomic mass is 32.2. The van der Waals surface area contributed by atoms with Crippen LogP contribution in [-0.4, -0.2) is 66.1 Å². The van der Waals surface area contributed by atoms with Gasteiger partial charge in [0.05, 0.1) is 17.5 Å². The van der Waals surface area contributed by atoms with E-state index in [1.54, 1.807) is 11.9 Å². The summed E-state index contributed by atoms with van der Waals surface area (Å²) in [6.07, 6.45) is 16.8. The number of amides is 3. The number of rotatable bonds is 10. The van der Waals surface area contributed by atoms with E-state index in [-0.39, 0.29) is 47.0 Å². The second-order valence-electron chi connectivity index (χ2n) is 9.49. The van der Waals surface area contributed by atoms with Crippen LogP contribution < -0.4 is 10.6 Å². The third kappa shape index (κ3) is 13.4. The monoisotopic (exact) mass is 497 g/mol. The highest BCUT2D eigenvalue weighted by molar-refractivity contribution is 8.00. The zero-order valence-corrected chi connectivity index (χ0v) is 22.5. The predicted molar refractivity (Wildman–Crippen MR) is 140 cm³/mol. The topological polar surface area (TPSA) is 95.6 Å². The fraction of sp³-hybridized carbons (Fsp3) is 0.846. The molecule has 196 valence electrons. The smallest absolute Gasteiger partial charge is 0.230 e. The highest BCUT2D eigenvalue weighted by Crippen LogP contribution is 2.24. The number of thioether (sulfide) groups is 1. The van der Waals surface area contributed by atoms with Gasteiger partial charge >= 0.3 is 0 Å². The van der Waals surface area contributed by atoms with Crippen molar-refractivity contribution in [2.45, 2.75) is 103 Å². The quantitative estimate of drug-likeness (QED) is 0.474. The molecule has 1 aliphatic carbocycles. The summed E-state index contributed by atoms with van der Waals surface area (Å²) in [5.41, 5.74) is 0. The van der Waals surface area contributed by atoms with E-state index in [1.807, 2.05) is 6.92 Å². The Kier molecular flexibility index (Phi) is 16.8. The Bertz CT molecular complexity index is 596. The molecule has 1 unspecified atom stereocenters. The van der Waals surface area contributed by atoms with Crippen LogP contribution in [-0.2, 0) is 19.2 Å². The molecule has 34 heavy (non-hydrogen) atoms. The van der Waals surface area contributed by atoms with Gasteiger partial charge in [-0.3, -0.25) is 19.2 Å². The molecule has 0 aromatic heterocycles. The minimum atomic E-state index is -0.321. The summed E-state index contributed by atoms with van der Waals surface area (Å²) >= 11 is 1.26. The summed E-state index contributed by atoms with van der Waals surface area (Å²) in [5.74, 6) is 0.505. The third-order valence-electron chi connectivity index (χ3n) is 6.59. The van der Waals surface area contributed by atoms with Gasteiger partial charge in [-0.25, -0.2) is 0 Å². The van der Waals surface area contributed by atoms with Crippen molar-refractivity contribution < 1.29 is 19.2 Å². The van der Waals surface area contributed by atoms with Gasteiger partial charge < -0.3 is 15.5 Å². The Labute approximate surface area is 210 Å². The van der Waals surface area contributed by atoms with E-state index in [0.29, 0.717) is 32.4 Å². The second kappa shape index (κ2) is 18.7. The lowest BCUT2D eigenvalue weighted by atomic mass is 10.0. The number of nitrogens with one attached hydrogen (secondary N) is 2. The maximum absolute atomic E-state index is 12.1. The molecular weight excluding hydrogens is 450 g/mol. The van der Waals surface area contributed by atoms with Gasteiger partial charge in [0.15, 0.2) is 5.78 Å². The van der Waals surface area contributed by atoms with Crippen LogP contribution in [0.15, 0.2) is 0 Å². The van der Waals surface area contributed by atoms with E-state index >= 15 is 0 Å². The summed E-state index contributed by atoms with van der Waals surface area (Å²) in [6, 6.07) is -0.321. The maximum atomic E-state index is 12.1. The average molecular weight is 498 g/mol. The number of carbonyl (C=O) groups is 4. The van der Waals surface area contributed by atoms with Crippen molar-refractivity contribution >= 4 is 35.3 Å². The van der Waals surface area contributed by atoms with Crippen molar-refractivity contribution in [2.75, 3.05) is 31.6 Å². The Hall–Kier alpha value is -1.57. The zero-order valence-electron chi connectivity index (χ0n) is 21.7. The molecule has 1 saturated heterocycles. The summed E-state index contributed by atoms with van der Waals surface area (Å²) < 4.78 is 0. The van der Waals surface area contributed by atoms with Gasteiger partial charge in [0.1, 0.15) is 0 Å². The second-order valence-corrected chi connectivity index (χ2v) is 10.5. The zero-order chi connectivity index (χ0) is 25.2. The molecule has 7 nitrogen and oxygen atoms in total. The molecule has 0 spiro atoms. The van der Waals surface area contributed by atoms with E-state index in [1.165, 1.54) is 82.9 Å². The van der Waals surface area contributed by atoms with Gasteiger partial charge in [-0.05, 0) is 25.7 Å². The number of likely N-dealkylation sites (tertiary alicyclic amines) is 1. The minimum absolute atomic E-state index is 0.0212. The van der Waals surface area contributed by atoms with Crippen molar-refractivity contribution in [3.05, 3.63) is 0 Å². The third-order valence-corrected chi connectivity index (χ3v) is 7.52. The van der Waals surface area contributed by atoms with Crippen molar-refractivity contribution in [2.24, 2.45) is 5.92 Å². The predicted octanol–water partition coefficient (Wildman–Crippen LogP) is 4.09. The summed E-state index contributed by atoms with van der Waals surface area (Å²) in [6.45, 7) is 4.51. The molecule has 2 N–H and O–H groups in total. The molecule has 2 atom stereocenters. The molecule has 1 saturated carbocycles. The standard InChI is InChI=1S/C16H27N3O4S.C10H20/c1-4-13(11(2)20)19-8-12(7-16(19)23)5-6-18-15(22)10-24-9-14(21)17-3;1-2-4-6-8-10-9-7-5-3-1/h12-13H,4-10H2,1-3H3,(H,17,21)(H,18,22);1-10H2/t12?,13-;/m1./s1. The Balaban J connectivity index is 0.000000479. The summed E-state index contributed by atoms with van der Waals surface area (Å²) in [5, 5.41) is 5.31. The highest BCUT2D eigenvalue weighted by Gasteiger charge is 2.35. The lowest BCUT2D eigenvalue weighted by Crippen LogP contribution is -2.40. The molecule has 0 aromatic carbocycles. The first kappa shape index (κ1) is 30.5. The van der Waals surface area contributed by atoms with E-state index in [4.69, 9.17) is 0 Å². The van der Waals surface area contributed by atoms with Gasteiger partial charge in [0, 0.05) is 26.6 Å². The van der Waals surface area contributed by atoms with Crippen LogP contribution in [0.5, 0.6) is 0 Å². The first-order valence-corrected chi connectivity index (χ1v) is 14.4. The van der Waals surface area contributed by atoms with Crippen molar-refractivity contribution in [3.8, 4) is 0 Å². The molecular formula is C26H47N3O4S. The molecule has 0 aromatic rings. The number of hydrogen-bond acceptors (Lipinski definition) is 5. The van der Waals surface area contributed by atoms with E-state index in [9.17, 15) is 19.2 Å². The van der Waals surface area contributed by atoms with Gasteiger partial charge in [0.25, 0.3) is 0 Å². The van der Waals surface area contributed by atoms with Crippen molar-refractivity contribution in [3.63, 3.8) is 0 Å². The van der Waals surface area contributed by atoms with Crippen LogP contribution in [0.4, 0.5) is 0 Å². The SMILES string of the molecule is C1CCCCCCCCC1.CC[C@H](C(C)=O)N1CC(CCNC(=O)CSCC(=O)NC)CC1=O. The summed E-state index contributed by atoms with van der Waals surface area (Å²) in [4.78, 5) is 48.1. The van der Waals surface area contributed by atoms with E-state index < -0.39 is 0 Å².